The molecule has 1 aromatic carbocycles. The van der Waals surface area contributed by atoms with Crippen LogP contribution < -0.4 is 5.32 Å². The second kappa shape index (κ2) is 6.05. The molecule has 0 radical (unpaired) electrons. The number of anilines is 1. The summed E-state index contributed by atoms with van der Waals surface area (Å²) in [4.78, 5) is 4.21. The molecule has 0 spiro atoms. The molecular weight excluding hydrogens is 290 g/mol. The number of aromatic nitrogens is 2. The minimum atomic E-state index is 0.803. The van der Waals surface area contributed by atoms with Crippen LogP contribution in [0.2, 0.25) is 0 Å². The van der Waals surface area contributed by atoms with Crippen LogP contribution in [0.3, 0.4) is 0 Å². The van der Waals surface area contributed by atoms with Gasteiger partial charge in [-0.05, 0) is 31.0 Å². The van der Waals surface area contributed by atoms with Crippen LogP contribution in [0.5, 0.6) is 0 Å². The molecule has 18 heavy (non-hydrogen) atoms. The molecule has 0 saturated heterocycles. The predicted octanol–water partition coefficient (Wildman–Crippen LogP) is 3.98. The van der Waals surface area contributed by atoms with E-state index < -0.39 is 0 Å². The minimum Gasteiger partial charge on any atom is -0.379 e. The van der Waals surface area contributed by atoms with Gasteiger partial charge in [0.05, 0.1) is 18.6 Å². The Morgan fingerprint density at radius 3 is 3.00 bits per heavy atom. The largest absolute Gasteiger partial charge is 0.379 e. The molecule has 1 aromatic heterocycles. The van der Waals surface area contributed by atoms with E-state index in [1.807, 2.05) is 12.5 Å². The van der Waals surface area contributed by atoms with Crippen LogP contribution >= 0.6 is 15.9 Å². The number of aryl methyl sites for hydroxylation is 2. The number of nitrogens with zero attached hydrogens (tertiary/aromatic N) is 2. The van der Waals surface area contributed by atoms with Crippen molar-refractivity contribution < 1.29 is 0 Å². The molecule has 0 aliphatic heterocycles. The first kappa shape index (κ1) is 13.1. The van der Waals surface area contributed by atoms with Crippen molar-refractivity contribution >= 4 is 21.6 Å². The number of halogens is 1. The lowest BCUT2D eigenvalue weighted by Gasteiger charge is -2.11. The summed E-state index contributed by atoms with van der Waals surface area (Å²) in [5.74, 6) is 0. The van der Waals surface area contributed by atoms with Gasteiger partial charge in [-0.3, -0.25) is 0 Å². The van der Waals surface area contributed by atoms with E-state index in [9.17, 15) is 0 Å². The van der Waals surface area contributed by atoms with Gasteiger partial charge < -0.3 is 9.88 Å². The van der Waals surface area contributed by atoms with Crippen LogP contribution in [0.25, 0.3) is 0 Å². The Kier molecular flexibility index (Phi) is 4.42. The molecule has 1 N–H and O–H groups in total. The maximum absolute atomic E-state index is 4.21. The molecule has 0 unspecified atom stereocenters. The van der Waals surface area contributed by atoms with E-state index in [0.717, 1.165) is 29.7 Å². The highest BCUT2D eigenvalue weighted by Crippen LogP contribution is 2.21. The minimum absolute atomic E-state index is 0.803. The van der Waals surface area contributed by atoms with Crippen LogP contribution in [0.1, 0.15) is 24.6 Å². The Bertz CT molecular complexity index is 520. The van der Waals surface area contributed by atoms with Crippen molar-refractivity contribution in [3.8, 4) is 0 Å². The third-order valence-electron chi connectivity index (χ3n) is 2.92. The summed E-state index contributed by atoms with van der Waals surface area (Å²) in [6, 6.07) is 6.27. The molecule has 0 saturated carbocycles. The summed E-state index contributed by atoms with van der Waals surface area (Å²) in [6.07, 6.45) is 4.95. The maximum atomic E-state index is 4.21. The summed E-state index contributed by atoms with van der Waals surface area (Å²) in [5, 5.41) is 3.46. The van der Waals surface area contributed by atoms with Gasteiger partial charge in [-0.2, -0.15) is 0 Å². The summed E-state index contributed by atoms with van der Waals surface area (Å²) >= 11 is 3.50. The number of rotatable bonds is 5. The molecular formula is C14H18BrN3. The van der Waals surface area contributed by atoms with Crippen LogP contribution in [0, 0.1) is 6.92 Å². The fourth-order valence-corrected chi connectivity index (χ4v) is 2.27. The van der Waals surface area contributed by atoms with Crippen molar-refractivity contribution in [2.45, 2.75) is 33.4 Å². The molecule has 0 aliphatic rings. The second-order valence-electron chi connectivity index (χ2n) is 4.39. The van der Waals surface area contributed by atoms with Crippen molar-refractivity contribution in [1.29, 1.82) is 0 Å². The van der Waals surface area contributed by atoms with Crippen LogP contribution in [0.4, 0.5) is 5.69 Å². The third kappa shape index (κ3) is 3.13. The monoisotopic (exact) mass is 307 g/mol. The fourth-order valence-electron chi connectivity index (χ4n) is 1.91. The topological polar surface area (TPSA) is 29.9 Å². The first-order valence-electron chi connectivity index (χ1n) is 6.19. The maximum Gasteiger partial charge on any atom is 0.0948 e. The summed E-state index contributed by atoms with van der Waals surface area (Å²) in [7, 11) is 0. The van der Waals surface area contributed by atoms with Gasteiger partial charge in [-0.15, -0.1) is 0 Å². The Balaban J connectivity index is 2.06. The Morgan fingerprint density at radius 1 is 1.39 bits per heavy atom. The Labute approximate surface area is 116 Å². The zero-order valence-electron chi connectivity index (χ0n) is 10.8. The van der Waals surface area contributed by atoms with E-state index in [0.29, 0.717) is 0 Å². The van der Waals surface area contributed by atoms with Gasteiger partial charge in [-0.1, -0.05) is 28.9 Å². The first-order valence-corrected chi connectivity index (χ1v) is 6.99. The average Bonchev–Trinajstić information content (AvgIpc) is 2.78. The number of hydrogen-bond acceptors (Lipinski definition) is 2. The van der Waals surface area contributed by atoms with Crippen molar-refractivity contribution in [3.63, 3.8) is 0 Å². The molecule has 0 bridgehead atoms. The zero-order valence-corrected chi connectivity index (χ0v) is 12.4. The number of nitrogens with one attached hydrogen (secondary N) is 1. The van der Waals surface area contributed by atoms with Gasteiger partial charge >= 0.3 is 0 Å². The van der Waals surface area contributed by atoms with Gasteiger partial charge in [0.15, 0.2) is 0 Å². The molecule has 3 nitrogen and oxygen atoms in total. The lowest BCUT2D eigenvalue weighted by Crippen LogP contribution is -2.07. The van der Waals surface area contributed by atoms with Gasteiger partial charge in [0.2, 0.25) is 0 Å². The lowest BCUT2D eigenvalue weighted by molar-refractivity contribution is 0.651. The van der Waals surface area contributed by atoms with Crippen LogP contribution in [-0.2, 0) is 13.1 Å². The molecule has 4 heteroatoms. The van der Waals surface area contributed by atoms with Crippen molar-refractivity contribution in [1.82, 2.24) is 9.55 Å². The molecule has 0 atom stereocenters. The quantitative estimate of drug-likeness (QED) is 0.905. The summed E-state index contributed by atoms with van der Waals surface area (Å²) in [5.41, 5.74) is 3.63. The van der Waals surface area contributed by atoms with Crippen molar-refractivity contribution in [2.24, 2.45) is 0 Å². The zero-order chi connectivity index (χ0) is 13.0. The van der Waals surface area contributed by atoms with E-state index in [1.165, 1.54) is 11.3 Å². The number of benzene rings is 1. The molecule has 0 amide bonds. The van der Waals surface area contributed by atoms with Gasteiger partial charge in [0.1, 0.15) is 0 Å². The number of hydrogen-bond donors (Lipinski definition) is 1. The molecule has 0 aliphatic carbocycles. The standard InChI is InChI=1S/C14H18BrN3/c1-3-6-18-10-16-8-13(18)9-17-14-7-12(15)5-4-11(14)2/h4-5,7-8,10,17H,3,6,9H2,1-2H3. The lowest BCUT2D eigenvalue weighted by atomic mass is 10.2. The molecule has 1 heterocycles. The van der Waals surface area contributed by atoms with E-state index in [-0.39, 0.29) is 0 Å². The third-order valence-corrected chi connectivity index (χ3v) is 3.42. The van der Waals surface area contributed by atoms with Crippen LogP contribution in [0.15, 0.2) is 35.2 Å². The van der Waals surface area contributed by atoms with Gasteiger partial charge in [0.25, 0.3) is 0 Å². The van der Waals surface area contributed by atoms with E-state index in [2.05, 4.69) is 62.8 Å². The molecule has 0 fully saturated rings. The summed E-state index contributed by atoms with van der Waals surface area (Å²) < 4.78 is 3.29. The number of imidazole rings is 1. The van der Waals surface area contributed by atoms with E-state index in [4.69, 9.17) is 0 Å². The highest BCUT2D eigenvalue weighted by Gasteiger charge is 2.03. The van der Waals surface area contributed by atoms with Crippen molar-refractivity contribution in [3.05, 3.63) is 46.5 Å². The first-order chi connectivity index (χ1) is 8.70. The highest BCUT2D eigenvalue weighted by molar-refractivity contribution is 9.10. The second-order valence-corrected chi connectivity index (χ2v) is 5.31. The molecule has 2 aromatic rings. The molecule has 2 rings (SSSR count). The summed E-state index contributed by atoms with van der Waals surface area (Å²) in [6.45, 7) is 6.11. The van der Waals surface area contributed by atoms with Gasteiger partial charge in [0, 0.05) is 22.9 Å². The smallest absolute Gasteiger partial charge is 0.0948 e. The molecule has 96 valence electrons. The average molecular weight is 308 g/mol. The normalized spacial score (nSPS) is 10.6. The highest BCUT2D eigenvalue weighted by atomic mass is 79.9. The van der Waals surface area contributed by atoms with E-state index >= 15 is 0 Å². The van der Waals surface area contributed by atoms with E-state index in [1.54, 1.807) is 0 Å². The fraction of sp³-hybridized carbons (Fsp3) is 0.357. The van der Waals surface area contributed by atoms with Crippen LogP contribution in [-0.4, -0.2) is 9.55 Å². The van der Waals surface area contributed by atoms with Gasteiger partial charge in [-0.25, -0.2) is 4.98 Å². The predicted molar refractivity (Wildman–Crippen MR) is 78.7 cm³/mol. The SMILES string of the molecule is CCCn1cncc1CNc1cc(Br)ccc1C. The van der Waals surface area contributed by atoms with Crippen molar-refractivity contribution in [2.75, 3.05) is 5.32 Å². The Hall–Kier alpha value is -1.29. The Morgan fingerprint density at radius 2 is 2.22 bits per heavy atom.